The third kappa shape index (κ3) is 3.58. The Morgan fingerprint density at radius 2 is 2.12 bits per heavy atom. The molecule has 1 fully saturated rings. The highest BCUT2D eigenvalue weighted by Gasteiger charge is 2.29. The molecule has 8 heteroatoms. The van der Waals surface area contributed by atoms with Crippen molar-refractivity contribution >= 4 is 11.9 Å². The quantitative estimate of drug-likeness (QED) is 0.853. The second-order valence-electron chi connectivity index (χ2n) is 5.89. The second kappa shape index (κ2) is 7.20. The van der Waals surface area contributed by atoms with Crippen LogP contribution in [0.4, 0.5) is 0 Å². The Balaban J connectivity index is 1.55. The number of tetrazole rings is 1. The van der Waals surface area contributed by atoms with Crippen molar-refractivity contribution in [3.05, 3.63) is 41.7 Å². The first-order valence-corrected chi connectivity index (χ1v) is 7.96. The summed E-state index contributed by atoms with van der Waals surface area (Å²) < 4.78 is 1.60. The summed E-state index contributed by atoms with van der Waals surface area (Å²) in [6, 6.07) is 7.04. The van der Waals surface area contributed by atoms with E-state index in [1.165, 1.54) is 6.33 Å². The van der Waals surface area contributed by atoms with Gasteiger partial charge in [0, 0.05) is 32.0 Å². The fraction of sp³-hybridized carbons (Fsp3) is 0.438. The van der Waals surface area contributed by atoms with Crippen molar-refractivity contribution in [1.82, 2.24) is 25.1 Å². The molecule has 2 aromatic rings. The first-order chi connectivity index (χ1) is 11.6. The highest BCUT2D eigenvalue weighted by molar-refractivity contribution is 5.89. The van der Waals surface area contributed by atoms with Crippen LogP contribution >= 0.6 is 0 Å². The Morgan fingerprint density at radius 1 is 1.29 bits per heavy atom. The van der Waals surface area contributed by atoms with E-state index in [0.29, 0.717) is 38.0 Å². The minimum Gasteiger partial charge on any atom is -0.478 e. The number of hydrogen-bond acceptors (Lipinski definition) is 5. The summed E-state index contributed by atoms with van der Waals surface area (Å²) in [6.45, 7) is 1.86. The summed E-state index contributed by atoms with van der Waals surface area (Å²) in [5, 5.41) is 20.2. The summed E-state index contributed by atoms with van der Waals surface area (Å²) in [7, 11) is 0. The average molecular weight is 329 g/mol. The number of amides is 1. The lowest BCUT2D eigenvalue weighted by atomic mass is 9.93. The summed E-state index contributed by atoms with van der Waals surface area (Å²) in [4.78, 5) is 25.5. The second-order valence-corrected chi connectivity index (χ2v) is 5.89. The van der Waals surface area contributed by atoms with Crippen molar-refractivity contribution in [2.75, 3.05) is 13.1 Å². The van der Waals surface area contributed by atoms with Crippen LogP contribution in [-0.2, 0) is 11.3 Å². The fourth-order valence-corrected chi connectivity index (χ4v) is 3.12. The van der Waals surface area contributed by atoms with Crippen molar-refractivity contribution in [2.24, 2.45) is 0 Å². The van der Waals surface area contributed by atoms with Gasteiger partial charge in [0.05, 0.1) is 5.56 Å². The Bertz CT molecular complexity index is 716. The van der Waals surface area contributed by atoms with Crippen LogP contribution in [0.2, 0.25) is 0 Å². The summed E-state index contributed by atoms with van der Waals surface area (Å²) in [5.41, 5.74) is 1.14. The summed E-state index contributed by atoms with van der Waals surface area (Å²) >= 11 is 0. The number of carbonyl (C=O) groups excluding carboxylic acids is 1. The van der Waals surface area contributed by atoms with E-state index in [1.807, 2.05) is 17.0 Å². The maximum Gasteiger partial charge on any atom is 0.335 e. The number of aromatic nitrogens is 4. The summed E-state index contributed by atoms with van der Waals surface area (Å²) in [6.07, 6.45) is 3.44. The molecule has 1 aromatic heterocycles. The lowest BCUT2D eigenvalue weighted by molar-refractivity contribution is -0.130. The number of carboxylic acids is 1. The highest BCUT2D eigenvalue weighted by atomic mass is 16.4. The Kier molecular flexibility index (Phi) is 4.83. The van der Waals surface area contributed by atoms with Crippen LogP contribution in [0.3, 0.4) is 0 Å². The zero-order valence-corrected chi connectivity index (χ0v) is 13.2. The molecule has 24 heavy (non-hydrogen) atoms. The lowest BCUT2D eigenvalue weighted by Crippen LogP contribution is -2.28. The minimum absolute atomic E-state index is 0.0840. The van der Waals surface area contributed by atoms with Gasteiger partial charge in [-0.2, -0.15) is 0 Å². The molecule has 0 saturated carbocycles. The largest absolute Gasteiger partial charge is 0.478 e. The van der Waals surface area contributed by atoms with Gasteiger partial charge in [0.2, 0.25) is 5.91 Å². The van der Waals surface area contributed by atoms with Gasteiger partial charge in [-0.1, -0.05) is 18.2 Å². The van der Waals surface area contributed by atoms with Gasteiger partial charge in [-0.05, 0) is 34.9 Å². The first-order valence-electron chi connectivity index (χ1n) is 7.96. The van der Waals surface area contributed by atoms with Gasteiger partial charge < -0.3 is 10.0 Å². The highest BCUT2D eigenvalue weighted by Crippen LogP contribution is 2.30. The van der Waals surface area contributed by atoms with Crippen molar-refractivity contribution in [3.8, 4) is 0 Å². The van der Waals surface area contributed by atoms with Gasteiger partial charge in [-0.3, -0.25) is 4.79 Å². The fourth-order valence-electron chi connectivity index (χ4n) is 3.12. The molecule has 1 aliphatic rings. The first kappa shape index (κ1) is 16.1. The molecule has 1 aliphatic heterocycles. The molecule has 1 saturated heterocycles. The number of likely N-dealkylation sites (tertiary alicyclic amines) is 1. The van der Waals surface area contributed by atoms with Gasteiger partial charge >= 0.3 is 5.97 Å². The third-order valence-electron chi connectivity index (χ3n) is 4.34. The lowest BCUT2D eigenvalue weighted by Gasteiger charge is -2.17. The van der Waals surface area contributed by atoms with Gasteiger partial charge in [0.25, 0.3) is 0 Å². The number of hydrogen-bond donors (Lipinski definition) is 1. The molecule has 0 spiro atoms. The number of carboxylic acid groups (broad SMARTS) is 1. The SMILES string of the molecule is O=C(O)c1ccccc1[C@H]1CCN(C(=O)CCCn2cnnn2)C1. The number of nitrogens with zero attached hydrogens (tertiary/aromatic N) is 5. The van der Waals surface area contributed by atoms with E-state index in [9.17, 15) is 14.7 Å². The zero-order valence-electron chi connectivity index (χ0n) is 13.2. The predicted octanol–water partition coefficient (Wildman–Crippen LogP) is 1.17. The van der Waals surface area contributed by atoms with Crippen molar-refractivity contribution in [3.63, 3.8) is 0 Å². The molecule has 0 bridgehead atoms. The normalized spacial score (nSPS) is 17.2. The van der Waals surface area contributed by atoms with Gasteiger partial charge in [-0.25, -0.2) is 9.48 Å². The van der Waals surface area contributed by atoms with Crippen LogP contribution in [0, 0.1) is 0 Å². The van der Waals surface area contributed by atoms with E-state index in [4.69, 9.17) is 0 Å². The van der Waals surface area contributed by atoms with E-state index in [0.717, 1.165) is 12.0 Å². The molecule has 1 N–H and O–H groups in total. The van der Waals surface area contributed by atoms with Crippen LogP contribution in [-0.4, -0.2) is 55.2 Å². The van der Waals surface area contributed by atoms with Crippen molar-refractivity contribution < 1.29 is 14.7 Å². The number of carbonyl (C=O) groups is 2. The molecule has 1 atom stereocenters. The van der Waals surface area contributed by atoms with Crippen LogP contribution in [0.15, 0.2) is 30.6 Å². The molecule has 126 valence electrons. The van der Waals surface area contributed by atoms with E-state index in [2.05, 4.69) is 15.5 Å². The predicted molar refractivity (Wildman–Crippen MR) is 84.4 cm³/mol. The Hall–Kier alpha value is -2.77. The molecular weight excluding hydrogens is 310 g/mol. The maximum atomic E-state index is 12.3. The van der Waals surface area contributed by atoms with Gasteiger partial charge in [0.15, 0.2) is 0 Å². The standard InChI is InChI=1S/C16H19N5O3/c22-15(6-3-8-21-11-17-18-19-21)20-9-7-12(10-20)13-4-1-2-5-14(13)16(23)24/h1-2,4-5,11-12H,3,6-10H2,(H,23,24)/t12-/m0/s1. The smallest absolute Gasteiger partial charge is 0.335 e. The molecule has 0 unspecified atom stereocenters. The molecular formula is C16H19N5O3. The molecule has 1 aromatic carbocycles. The molecule has 2 heterocycles. The Labute approximate surface area is 139 Å². The van der Waals surface area contributed by atoms with Crippen LogP contribution in [0.1, 0.15) is 41.1 Å². The molecule has 1 amide bonds. The van der Waals surface area contributed by atoms with E-state index in [-0.39, 0.29) is 11.8 Å². The van der Waals surface area contributed by atoms with Crippen molar-refractivity contribution in [2.45, 2.75) is 31.7 Å². The van der Waals surface area contributed by atoms with Crippen LogP contribution < -0.4 is 0 Å². The van der Waals surface area contributed by atoms with E-state index >= 15 is 0 Å². The zero-order chi connectivity index (χ0) is 16.9. The van der Waals surface area contributed by atoms with E-state index < -0.39 is 5.97 Å². The van der Waals surface area contributed by atoms with Crippen LogP contribution in [0.5, 0.6) is 0 Å². The minimum atomic E-state index is -0.920. The van der Waals surface area contributed by atoms with Crippen LogP contribution in [0.25, 0.3) is 0 Å². The van der Waals surface area contributed by atoms with E-state index in [1.54, 1.807) is 16.8 Å². The maximum absolute atomic E-state index is 12.3. The average Bonchev–Trinajstić information content (AvgIpc) is 3.26. The van der Waals surface area contributed by atoms with Gasteiger partial charge in [-0.15, -0.1) is 5.10 Å². The number of benzene rings is 1. The molecule has 3 rings (SSSR count). The van der Waals surface area contributed by atoms with Crippen molar-refractivity contribution in [1.29, 1.82) is 0 Å². The summed E-state index contributed by atoms with van der Waals surface area (Å²) in [5.74, 6) is -0.740. The molecule has 0 aliphatic carbocycles. The Morgan fingerprint density at radius 3 is 2.88 bits per heavy atom. The number of aryl methyl sites for hydroxylation is 1. The molecule has 8 nitrogen and oxygen atoms in total. The number of rotatable bonds is 6. The topological polar surface area (TPSA) is 101 Å². The number of aromatic carboxylic acids is 1. The van der Waals surface area contributed by atoms with Gasteiger partial charge in [0.1, 0.15) is 6.33 Å². The monoisotopic (exact) mass is 329 g/mol. The molecule has 0 radical (unpaired) electrons. The third-order valence-corrected chi connectivity index (χ3v) is 4.34.